The Morgan fingerprint density at radius 2 is 1.76 bits per heavy atom. The lowest BCUT2D eigenvalue weighted by Crippen LogP contribution is -2.15. The van der Waals surface area contributed by atoms with Crippen molar-refractivity contribution < 1.29 is 13.5 Å². The van der Waals surface area contributed by atoms with Crippen LogP contribution in [0.15, 0.2) is 70.2 Å². The summed E-state index contributed by atoms with van der Waals surface area (Å²) in [4.78, 5) is 3.74. The first kappa shape index (κ1) is 17.2. The third-order valence-corrected chi connectivity index (χ3v) is 5.30. The molecule has 0 aliphatic heterocycles. The lowest BCUT2D eigenvalue weighted by molar-refractivity contribution is 0.475. The number of hydrogen-bond acceptors (Lipinski definition) is 5. The average Bonchev–Trinajstić information content (AvgIpc) is 2.57. The number of nitrogens with two attached hydrogens (primary N) is 1. The van der Waals surface area contributed by atoms with Gasteiger partial charge in [0.15, 0.2) is 0 Å². The van der Waals surface area contributed by atoms with E-state index in [0.29, 0.717) is 10.2 Å². The van der Waals surface area contributed by atoms with Crippen LogP contribution < -0.4 is 10.5 Å². The Morgan fingerprint density at radius 1 is 1.04 bits per heavy atom. The molecule has 0 saturated heterocycles. The molecule has 1 aromatic heterocycles. The molecule has 0 aliphatic carbocycles. The van der Waals surface area contributed by atoms with Gasteiger partial charge in [-0.1, -0.05) is 24.3 Å². The summed E-state index contributed by atoms with van der Waals surface area (Å²) in [6, 6.07) is 15.0. The zero-order chi connectivity index (χ0) is 18.0. The van der Waals surface area contributed by atoms with Crippen LogP contribution >= 0.6 is 15.9 Å². The molecule has 8 heteroatoms. The molecule has 0 atom stereocenters. The fourth-order valence-corrected chi connectivity index (χ4v) is 3.92. The molecule has 4 N–H and O–H groups in total. The number of aromatic hydroxyl groups is 1. The first-order chi connectivity index (χ1) is 11.8. The first-order valence-electron chi connectivity index (χ1n) is 7.18. The number of anilines is 2. The number of phenols is 1. The van der Waals surface area contributed by atoms with Crippen LogP contribution in [-0.2, 0) is 10.0 Å². The number of sulfonamides is 1. The summed E-state index contributed by atoms with van der Waals surface area (Å²) in [6.45, 7) is 0. The van der Waals surface area contributed by atoms with Crippen molar-refractivity contribution in [2.75, 3.05) is 10.5 Å². The quantitative estimate of drug-likeness (QED) is 0.598. The van der Waals surface area contributed by atoms with Gasteiger partial charge in [0.05, 0.1) is 0 Å². The summed E-state index contributed by atoms with van der Waals surface area (Å²) < 4.78 is 28.0. The van der Waals surface area contributed by atoms with Crippen molar-refractivity contribution in [2.24, 2.45) is 0 Å². The highest BCUT2D eigenvalue weighted by Crippen LogP contribution is 2.27. The van der Waals surface area contributed by atoms with Crippen LogP contribution in [0.25, 0.3) is 11.1 Å². The predicted molar refractivity (Wildman–Crippen MR) is 101 cm³/mol. The van der Waals surface area contributed by atoms with E-state index >= 15 is 0 Å². The van der Waals surface area contributed by atoms with Crippen molar-refractivity contribution in [1.82, 2.24) is 4.98 Å². The molecule has 1 heterocycles. The topological polar surface area (TPSA) is 105 Å². The Kier molecular flexibility index (Phi) is 4.65. The number of rotatable bonds is 4. The van der Waals surface area contributed by atoms with Gasteiger partial charge in [0.25, 0.3) is 10.0 Å². The number of nitrogen functional groups attached to an aromatic ring is 1. The SMILES string of the molecule is Nc1ncc(Br)cc1S(=O)(=O)Nc1ccc(-c2cccc(O)c2)cc1. The molecule has 0 radical (unpaired) electrons. The second-order valence-corrected chi connectivity index (χ2v) is 7.84. The van der Waals surface area contributed by atoms with E-state index in [1.807, 2.05) is 6.07 Å². The third-order valence-electron chi connectivity index (χ3n) is 3.45. The van der Waals surface area contributed by atoms with Crippen molar-refractivity contribution in [3.63, 3.8) is 0 Å². The fraction of sp³-hybridized carbons (Fsp3) is 0. The number of nitrogens with one attached hydrogen (secondary N) is 1. The summed E-state index contributed by atoms with van der Waals surface area (Å²) in [7, 11) is -3.86. The second-order valence-electron chi connectivity index (χ2n) is 5.27. The molecular formula is C17H14BrN3O3S. The van der Waals surface area contributed by atoms with Crippen molar-refractivity contribution in [2.45, 2.75) is 4.90 Å². The van der Waals surface area contributed by atoms with Gasteiger partial charge < -0.3 is 10.8 Å². The molecule has 3 aromatic rings. The molecule has 128 valence electrons. The highest BCUT2D eigenvalue weighted by atomic mass is 79.9. The number of pyridine rings is 1. The molecule has 25 heavy (non-hydrogen) atoms. The van der Waals surface area contributed by atoms with Gasteiger partial charge in [0, 0.05) is 16.4 Å². The number of hydrogen-bond donors (Lipinski definition) is 3. The Hall–Kier alpha value is -2.58. The van der Waals surface area contributed by atoms with Gasteiger partial charge in [-0.2, -0.15) is 0 Å². The molecule has 0 unspecified atom stereocenters. The van der Waals surface area contributed by atoms with E-state index in [2.05, 4.69) is 25.6 Å². The lowest BCUT2D eigenvalue weighted by atomic mass is 10.1. The second kappa shape index (κ2) is 6.73. The van der Waals surface area contributed by atoms with Gasteiger partial charge in [-0.3, -0.25) is 4.72 Å². The van der Waals surface area contributed by atoms with Crippen LogP contribution in [0.3, 0.4) is 0 Å². The smallest absolute Gasteiger partial charge is 0.265 e. The van der Waals surface area contributed by atoms with Crippen molar-refractivity contribution in [3.05, 3.63) is 65.3 Å². The van der Waals surface area contributed by atoms with Crippen LogP contribution in [0.4, 0.5) is 11.5 Å². The van der Waals surface area contributed by atoms with Gasteiger partial charge in [-0.15, -0.1) is 0 Å². The monoisotopic (exact) mass is 419 g/mol. The maximum atomic E-state index is 12.5. The lowest BCUT2D eigenvalue weighted by Gasteiger charge is -2.11. The van der Waals surface area contributed by atoms with Gasteiger partial charge in [-0.05, 0) is 57.4 Å². The molecule has 0 spiro atoms. The molecule has 0 saturated carbocycles. The minimum Gasteiger partial charge on any atom is -0.508 e. The summed E-state index contributed by atoms with van der Waals surface area (Å²) in [6.07, 6.45) is 1.43. The first-order valence-corrected chi connectivity index (χ1v) is 9.46. The zero-order valence-electron chi connectivity index (χ0n) is 12.8. The van der Waals surface area contributed by atoms with Gasteiger partial charge in [0.2, 0.25) is 0 Å². The third kappa shape index (κ3) is 3.92. The minimum atomic E-state index is -3.86. The largest absolute Gasteiger partial charge is 0.508 e. The Balaban J connectivity index is 1.87. The summed E-state index contributed by atoms with van der Waals surface area (Å²) in [5.74, 6) is 0.0898. The van der Waals surface area contributed by atoms with Crippen molar-refractivity contribution in [3.8, 4) is 16.9 Å². The van der Waals surface area contributed by atoms with E-state index in [1.165, 1.54) is 12.3 Å². The summed E-state index contributed by atoms with van der Waals surface area (Å²) in [5.41, 5.74) is 7.74. The van der Waals surface area contributed by atoms with E-state index in [4.69, 9.17) is 5.73 Å². The average molecular weight is 420 g/mol. The number of nitrogens with zero attached hydrogens (tertiary/aromatic N) is 1. The van der Waals surface area contributed by atoms with Gasteiger partial charge in [-0.25, -0.2) is 13.4 Å². The molecule has 0 aliphatic rings. The highest BCUT2D eigenvalue weighted by Gasteiger charge is 2.19. The zero-order valence-corrected chi connectivity index (χ0v) is 15.3. The van der Waals surface area contributed by atoms with Crippen LogP contribution in [-0.4, -0.2) is 18.5 Å². The van der Waals surface area contributed by atoms with Crippen LogP contribution in [0.2, 0.25) is 0 Å². The summed E-state index contributed by atoms with van der Waals surface area (Å²) in [5, 5.41) is 9.54. The maximum Gasteiger partial charge on any atom is 0.265 e. The van der Waals surface area contributed by atoms with Crippen LogP contribution in [0.5, 0.6) is 5.75 Å². The standard InChI is InChI=1S/C17H14BrN3O3S/c18-13-9-16(17(19)20-10-13)25(23,24)21-14-6-4-11(5-7-14)12-2-1-3-15(22)8-12/h1-10,21-22H,(H2,19,20). The van der Waals surface area contributed by atoms with Gasteiger partial charge >= 0.3 is 0 Å². The fourth-order valence-electron chi connectivity index (χ4n) is 2.27. The molecule has 0 bridgehead atoms. The maximum absolute atomic E-state index is 12.5. The van der Waals surface area contributed by atoms with E-state index < -0.39 is 10.0 Å². The van der Waals surface area contributed by atoms with E-state index in [1.54, 1.807) is 42.5 Å². The molecule has 0 amide bonds. The molecular weight excluding hydrogens is 406 g/mol. The van der Waals surface area contributed by atoms with E-state index in [0.717, 1.165) is 11.1 Å². The Morgan fingerprint density at radius 3 is 2.44 bits per heavy atom. The molecule has 2 aromatic carbocycles. The van der Waals surface area contributed by atoms with E-state index in [-0.39, 0.29) is 16.5 Å². The minimum absolute atomic E-state index is 0.0768. The van der Waals surface area contributed by atoms with E-state index in [9.17, 15) is 13.5 Å². The molecule has 6 nitrogen and oxygen atoms in total. The number of halogens is 1. The van der Waals surface area contributed by atoms with Crippen molar-refractivity contribution >= 4 is 37.5 Å². The van der Waals surface area contributed by atoms with Crippen LogP contribution in [0.1, 0.15) is 0 Å². The van der Waals surface area contributed by atoms with Crippen LogP contribution in [0, 0.1) is 0 Å². The highest BCUT2D eigenvalue weighted by molar-refractivity contribution is 9.10. The Bertz CT molecular complexity index is 1020. The Labute approximate surface area is 153 Å². The molecule has 0 fully saturated rings. The number of benzene rings is 2. The number of phenolic OH excluding ortho intramolecular Hbond substituents is 1. The van der Waals surface area contributed by atoms with Gasteiger partial charge in [0.1, 0.15) is 16.5 Å². The number of aromatic nitrogens is 1. The predicted octanol–water partition coefficient (Wildman–Crippen LogP) is 3.60. The van der Waals surface area contributed by atoms with Crippen molar-refractivity contribution in [1.29, 1.82) is 0 Å². The summed E-state index contributed by atoms with van der Waals surface area (Å²) >= 11 is 3.18. The normalized spacial score (nSPS) is 11.2. The molecule has 3 rings (SSSR count).